The summed E-state index contributed by atoms with van der Waals surface area (Å²) >= 11 is 0. The number of halogens is 1. The molecule has 38 heavy (non-hydrogen) atoms. The molecule has 0 N–H and O–H groups in total. The molecule has 0 amide bonds. The summed E-state index contributed by atoms with van der Waals surface area (Å²) < 4.78 is 15.8. The molecule has 5 aromatic carbocycles. The first-order valence-electron chi connectivity index (χ1n) is 12.7. The molecule has 0 saturated heterocycles. The summed E-state index contributed by atoms with van der Waals surface area (Å²) in [7, 11) is -2.14. The quantitative estimate of drug-likeness (QED) is 0.207. The lowest BCUT2D eigenvalue weighted by Crippen LogP contribution is -2.32. The molecule has 0 unspecified atom stereocenters. The van der Waals surface area contributed by atoms with Gasteiger partial charge in [-0.3, -0.25) is 0 Å². The third-order valence-corrected chi connectivity index (χ3v) is 11.3. The van der Waals surface area contributed by atoms with Crippen LogP contribution in [0.3, 0.4) is 0 Å². The Morgan fingerprint density at radius 2 is 1.00 bits per heavy atom. The Labute approximate surface area is 223 Å². The van der Waals surface area contributed by atoms with E-state index in [4.69, 9.17) is 5.10 Å². The van der Waals surface area contributed by atoms with Crippen LogP contribution in [0, 0.1) is 5.82 Å². The van der Waals surface area contributed by atoms with Gasteiger partial charge in [0.2, 0.25) is 0 Å². The van der Waals surface area contributed by atoms with Crippen LogP contribution in [0.2, 0.25) is 0 Å². The molecule has 0 aliphatic heterocycles. The first-order chi connectivity index (χ1) is 18.7. The molecule has 0 aliphatic rings. The van der Waals surface area contributed by atoms with Crippen molar-refractivity contribution in [1.82, 2.24) is 9.78 Å². The van der Waals surface area contributed by atoms with Crippen LogP contribution in [0.25, 0.3) is 16.9 Å². The minimum Gasteiger partial charge on any atom is -0.240 e. The van der Waals surface area contributed by atoms with Crippen molar-refractivity contribution in [1.29, 1.82) is 0 Å². The van der Waals surface area contributed by atoms with Crippen molar-refractivity contribution in [3.8, 4) is 16.9 Å². The first kappa shape index (κ1) is 24.0. The minimum atomic E-state index is -2.14. The zero-order valence-corrected chi connectivity index (χ0v) is 21.8. The smallest absolute Gasteiger partial charge is 0.123 e. The molecule has 0 atom stereocenters. The number of nitrogens with zero attached hydrogens (tertiary/aromatic N) is 2. The van der Waals surface area contributed by atoms with E-state index in [-0.39, 0.29) is 5.82 Å². The summed E-state index contributed by atoms with van der Waals surface area (Å²) in [4.78, 5) is 0. The van der Waals surface area contributed by atoms with Gasteiger partial charge in [-0.2, -0.15) is 5.10 Å². The van der Waals surface area contributed by atoms with Crippen molar-refractivity contribution in [2.45, 2.75) is 6.16 Å². The van der Waals surface area contributed by atoms with E-state index in [1.165, 1.54) is 28.0 Å². The van der Waals surface area contributed by atoms with Crippen molar-refractivity contribution < 1.29 is 4.39 Å². The summed E-state index contributed by atoms with van der Waals surface area (Å²) in [6, 6.07) is 49.4. The fraction of sp³-hybridized carbons (Fsp3) is 0.0294. The zero-order valence-electron chi connectivity index (χ0n) is 20.9. The molecule has 4 heteroatoms. The highest BCUT2D eigenvalue weighted by Crippen LogP contribution is 2.58. The summed E-state index contributed by atoms with van der Waals surface area (Å²) in [6.45, 7) is 0. The number of para-hydroxylation sites is 1. The van der Waals surface area contributed by atoms with Crippen LogP contribution in [0.4, 0.5) is 4.39 Å². The van der Waals surface area contributed by atoms with E-state index in [0.717, 1.165) is 28.7 Å². The molecule has 1 heterocycles. The van der Waals surface area contributed by atoms with Crippen molar-refractivity contribution in [3.05, 3.63) is 163 Å². The van der Waals surface area contributed by atoms with Gasteiger partial charge in [0, 0.05) is 17.3 Å². The SMILES string of the molecule is Fc1ccc(-c2nn(-c3ccccc3)cc2C[P+](c2ccccc2)(c2ccccc2)c2ccccc2)cc1. The zero-order chi connectivity index (χ0) is 25.8. The lowest BCUT2D eigenvalue weighted by atomic mass is 10.1. The monoisotopic (exact) mass is 513 g/mol. The van der Waals surface area contributed by atoms with Crippen LogP contribution in [-0.2, 0) is 6.16 Å². The summed E-state index contributed by atoms with van der Waals surface area (Å²) in [5, 5.41) is 9.00. The van der Waals surface area contributed by atoms with Gasteiger partial charge in [-0.15, -0.1) is 0 Å². The summed E-state index contributed by atoms with van der Waals surface area (Å²) in [5.74, 6) is -0.252. The molecular weight excluding hydrogens is 486 g/mol. The van der Waals surface area contributed by atoms with Crippen molar-refractivity contribution in [3.63, 3.8) is 0 Å². The Morgan fingerprint density at radius 3 is 1.47 bits per heavy atom. The van der Waals surface area contributed by atoms with Crippen LogP contribution < -0.4 is 15.9 Å². The highest BCUT2D eigenvalue weighted by molar-refractivity contribution is 7.95. The molecule has 184 valence electrons. The lowest BCUT2D eigenvalue weighted by molar-refractivity contribution is 0.628. The summed E-state index contributed by atoms with van der Waals surface area (Å²) in [5.41, 5.74) is 3.90. The van der Waals surface area contributed by atoms with E-state index in [1.807, 2.05) is 35.0 Å². The molecule has 0 saturated carbocycles. The summed E-state index contributed by atoms with van der Waals surface area (Å²) in [6.07, 6.45) is 2.93. The van der Waals surface area contributed by atoms with E-state index in [1.54, 1.807) is 0 Å². The number of aromatic nitrogens is 2. The van der Waals surface area contributed by atoms with Gasteiger partial charge in [0.05, 0.1) is 11.4 Å². The standard InChI is InChI=1S/C34H27FN2P/c35-29-23-21-27(22-24-29)34-28(25-37(36-34)30-13-5-1-6-14-30)26-38(31-15-7-2-8-16-31,32-17-9-3-10-18-32)33-19-11-4-12-20-33/h1-25H,26H2/q+1. The topological polar surface area (TPSA) is 17.8 Å². The highest BCUT2D eigenvalue weighted by atomic mass is 31.2. The molecule has 0 bridgehead atoms. The Morgan fingerprint density at radius 1 is 0.553 bits per heavy atom. The van der Waals surface area contributed by atoms with E-state index >= 15 is 0 Å². The van der Waals surface area contributed by atoms with Crippen LogP contribution >= 0.6 is 7.26 Å². The van der Waals surface area contributed by atoms with Crippen molar-refractivity contribution in [2.75, 3.05) is 0 Å². The van der Waals surface area contributed by atoms with Gasteiger partial charge in [-0.1, -0.05) is 72.8 Å². The lowest BCUT2D eigenvalue weighted by Gasteiger charge is -2.27. The molecule has 0 spiro atoms. The fourth-order valence-corrected chi connectivity index (χ4v) is 9.34. The van der Waals surface area contributed by atoms with Gasteiger partial charge in [0.1, 0.15) is 35.2 Å². The Bertz CT molecular complexity index is 1520. The Balaban J connectivity index is 1.61. The Hall–Kier alpha value is -4.33. The van der Waals surface area contributed by atoms with Crippen molar-refractivity contribution in [2.24, 2.45) is 0 Å². The Kier molecular flexibility index (Phi) is 6.69. The normalized spacial score (nSPS) is 11.4. The molecule has 0 fully saturated rings. The molecule has 0 radical (unpaired) electrons. The predicted molar refractivity (Wildman–Crippen MR) is 158 cm³/mol. The number of benzene rings is 5. The predicted octanol–water partition coefficient (Wildman–Crippen LogP) is 7.17. The molecular formula is C34H27FN2P+. The van der Waals surface area contributed by atoms with Gasteiger partial charge in [0.25, 0.3) is 0 Å². The number of hydrogen-bond donors (Lipinski definition) is 0. The molecule has 1 aromatic heterocycles. The maximum absolute atomic E-state index is 13.9. The maximum Gasteiger partial charge on any atom is 0.123 e. The van der Waals surface area contributed by atoms with Crippen molar-refractivity contribution >= 4 is 23.2 Å². The van der Waals surface area contributed by atoms with E-state index < -0.39 is 7.26 Å². The molecule has 6 rings (SSSR count). The molecule has 0 aliphatic carbocycles. The van der Waals surface area contributed by atoms with Gasteiger partial charge >= 0.3 is 0 Å². The second kappa shape index (κ2) is 10.6. The van der Waals surface area contributed by atoms with E-state index in [0.29, 0.717) is 0 Å². The van der Waals surface area contributed by atoms with Crippen LogP contribution in [0.15, 0.2) is 152 Å². The second-order valence-electron chi connectivity index (χ2n) is 9.26. The third kappa shape index (κ3) is 4.58. The van der Waals surface area contributed by atoms with Crippen LogP contribution in [0.1, 0.15) is 5.56 Å². The highest BCUT2D eigenvalue weighted by Gasteiger charge is 2.46. The number of hydrogen-bond acceptors (Lipinski definition) is 1. The average Bonchev–Trinajstić information content (AvgIpc) is 3.42. The largest absolute Gasteiger partial charge is 0.240 e. The second-order valence-corrected chi connectivity index (χ2v) is 12.7. The molecule has 2 nitrogen and oxygen atoms in total. The van der Waals surface area contributed by atoms with Gasteiger partial charge in [-0.05, 0) is 72.8 Å². The number of rotatable bonds is 7. The van der Waals surface area contributed by atoms with E-state index in [9.17, 15) is 4.39 Å². The van der Waals surface area contributed by atoms with Crippen LogP contribution in [-0.4, -0.2) is 9.78 Å². The third-order valence-electron chi connectivity index (χ3n) is 6.93. The molecule has 6 aromatic rings. The average molecular weight is 514 g/mol. The minimum absolute atomic E-state index is 0.252. The van der Waals surface area contributed by atoms with Crippen LogP contribution in [0.5, 0.6) is 0 Å². The maximum atomic E-state index is 13.9. The first-order valence-corrected chi connectivity index (χ1v) is 14.7. The van der Waals surface area contributed by atoms with Gasteiger partial charge < -0.3 is 0 Å². The van der Waals surface area contributed by atoms with Gasteiger partial charge in [-0.25, -0.2) is 9.07 Å². The van der Waals surface area contributed by atoms with Gasteiger partial charge in [0.15, 0.2) is 0 Å². The fourth-order valence-electron chi connectivity index (χ4n) is 5.11. The van der Waals surface area contributed by atoms with E-state index in [2.05, 4.69) is 109 Å².